The first kappa shape index (κ1) is 17.7. The number of aromatic nitrogens is 2. The molecule has 0 amide bonds. The molecule has 2 unspecified atom stereocenters. The van der Waals surface area contributed by atoms with Crippen molar-refractivity contribution < 1.29 is 5.11 Å². The van der Waals surface area contributed by atoms with Crippen LogP contribution in [0, 0.1) is 11.8 Å². The Morgan fingerprint density at radius 2 is 1.83 bits per heavy atom. The first-order chi connectivity index (χ1) is 14.3. The summed E-state index contributed by atoms with van der Waals surface area (Å²) >= 11 is 0. The maximum Gasteiger partial charge on any atom is 0.125 e. The quantitative estimate of drug-likeness (QED) is 0.819. The molecule has 1 aromatic carbocycles. The fourth-order valence-electron chi connectivity index (χ4n) is 6.17. The zero-order chi connectivity index (χ0) is 19.4. The van der Waals surface area contributed by atoms with Crippen molar-refractivity contribution in [3.05, 3.63) is 36.0 Å². The molecule has 3 atom stereocenters. The number of benzene rings is 1. The van der Waals surface area contributed by atoms with Gasteiger partial charge in [-0.1, -0.05) is 12.1 Å². The summed E-state index contributed by atoms with van der Waals surface area (Å²) in [5.74, 6) is 2.07. The summed E-state index contributed by atoms with van der Waals surface area (Å²) in [5.41, 5.74) is 3.85. The number of nitrogens with one attached hydrogen (secondary N) is 1. The van der Waals surface area contributed by atoms with Crippen LogP contribution in [0.2, 0.25) is 0 Å². The van der Waals surface area contributed by atoms with E-state index in [9.17, 15) is 5.11 Å². The normalized spacial score (nSPS) is 31.4. The van der Waals surface area contributed by atoms with E-state index in [0.29, 0.717) is 6.04 Å². The van der Waals surface area contributed by atoms with Gasteiger partial charge < -0.3 is 15.3 Å². The van der Waals surface area contributed by atoms with Gasteiger partial charge in [0.15, 0.2) is 0 Å². The maximum absolute atomic E-state index is 10.2. The number of anilines is 1. The number of aromatic hydroxyl groups is 1. The van der Waals surface area contributed by atoms with E-state index in [1.807, 2.05) is 18.2 Å². The Bertz CT molecular complexity index is 906. The third-order valence-corrected chi connectivity index (χ3v) is 7.71. The van der Waals surface area contributed by atoms with Crippen LogP contribution in [0.1, 0.15) is 25.0 Å². The van der Waals surface area contributed by atoms with Crippen LogP contribution in [0.15, 0.2) is 30.3 Å². The molecule has 1 saturated carbocycles. The monoisotopic (exact) mass is 391 g/mol. The predicted molar refractivity (Wildman–Crippen MR) is 113 cm³/mol. The summed E-state index contributed by atoms with van der Waals surface area (Å²) in [7, 11) is 0. The highest BCUT2D eigenvalue weighted by atomic mass is 16.3. The number of nitrogens with zero attached hydrogens (tertiary/aromatic N) is 4. The van der Waals surface area contributed by atoms with Crippen molar-refractivity contribution >= 4 is 5.69 Å². The Hall–Kier alpha value is -2.18. The molecule has 2 aromatic rings. The fourth-order valence-corrected chi connectivity index (χ4v) is 6.17. The minimum absolute atomic E-state index is 0.264. The minimum Gasteiger partial charge on any atom is -0.507 e. The second-order valence-corrected chi connectivity index (χ2v) is 9.26. The van der Waals surface area contributed by atoms with Gasteiger partial charge in [-0.2, -0.15) is 5.10 Å². The van der Waals surface area contributed by atoms with E-state index in [0.717, 1.165) is 60.8 Å². The molecule has 152 valence electrons. The molecule has 2 N–H and O–H groups in total. The fraction of sp³-hybridized carbons (Fsp3) is 0.565. The van der Waals surface area contributed by atoms with Crippen LogP contribution in [0.5, 0.6) is 5.75 Å². The van der Waals surface area contributed by atoms with Crippen LogP contribution >= 0.6 is 0 Å². The summed E-state index contributed by atoms with van der Waals surface area (Å²) in [6.07, 6.45) is 4.92. The summed E-state index contributed by atoms with van der Waals surface area (Å²) < 4.78 is 0. The molecule has 1 aromatic heterocycles. The van der Waals surface area contributed by atoms with Gasteiger partial charge in [0.05, 0.1) is 17.1 Å². The Kier molecular flexibility index (Phi) is 4.24. The SMILES string of the molecule is Oc1ccccc1-c1cc2c(nn1)CC[C@H]1CN(C3CC4CNCC4C3)CCN21. The molecule has 6 heteroatoms. The molecular formula is C23H29N5O. The average Bonchev–Trinajstić information content (AvgIpc) is 3.36. The van der Waals surface area contributed by atoms with E-state index in [2.05, 4.69) is 31.4 Å². The number of piperazine rings is 1. The highest BCUT2D eigenvalue weighted by molar-refractivity contribution is 5.71. The molecule has 4 heterocycles. The number of para-hydroxylation sites is 1. The molecule has 4 aliphatic rings. The van der Waals surface area contributed by atoms with Gasteiger partial charge in [-0.25, -0.2) is 0 Å². The van der Waals surface area contributed by atoms with E-state index in [1.165, 1.54) is 38.2 Å². The van der Waals surface area contributed by atoms with Gasteiger partial charge in [0.1, 0.15) is 5.75 Å². The van der Waals surface area contributed by atoms with Gasteiger partial charge >= 0.3 is 0 Å². The molecule has 0 radical (unpaired) electrons. The van der Waals surface area contributed by atoms with Gasteiger partial charge in [-0.3, -0.25) is 4.90 Å². The van der Waals surface area contributed by atoms with E-state index < -0.39 is 0 Å². The van der Waals surface area contributed by atoms with Crippen LogP contribution in [-0.2, 0) is 6.42 Å². The lowest BCUT2D eigenvalue weighted by Crippen LogP contribution is -2.57. The second-order valence-electron chi connectivity index (χ2n) is 9.26. The largest absolute Gasteiger partial charge is 0.507 e. The van der Waals surface area contributed by atoms with Crippen LogP contribution in [-0.4, -0.2) is 65.0 Å². The Morgan fingerprint density at radius 3 is 2.66 bits per heavy atom. The smallest absolute Gasteiger partial charge is 0.125 e. The van der Waals surface area contributed by atoms with E-state index in [4.69, 9.17) is 0 Å². The topological polar surface area (TPSA) is 64.5 Å². The van der Waals surface area contributed by atoms with Crippen molar-refractivity contribution in [3.8, 4) is 17.0 Å². The number of phenolic OH excluding ortho intramolecular Hbond substituents is 1. The van der Waals surface area contributed by atoms with Gasteiger partial charge in [0.2, 0.25) is 0 Å². The lowest BCUT2D eigenvalue weighted by molar-refractivity contribution is 0.150. The van der Waals surface area contributed by atoms with Crippen molar-refractivity contribution in [1.82, 2.24) is 20.4 Å². The molecule has 0 bridgehead atoms. The third kappa shape index (κ3) is 3.01. The number of aryl methyl sites for hydroxylation is 1. The number of phenols is 1. The van der Waals surface area contributed by atoms with Crippen LogP contribution < -0.4 is 10.2 Å². The van der Waals surface area contributed by atoms with E-state index in [1.54, 1.807) is 6.07 Å². The van der Waals surface area contributed by atoms with Gasteiger partial charge in [0.25, 0.3) is 0 Å². The van der Waals surface area contributed by atoms with Crippen LogP contribution in [0.25, 0.3) is 11.3 Å². The molecule has 3 aliphatic heterocycles. The van der Waals surface area contributed by atoms with Crippen LogP contribution in [0.4, 0.5) is 5.69 Å². The number of fused-ring (bicyclic) bond motifs is 4. The summed E-state index contributed by atoms with van der Waals surface area (Å²) in [4.78, 5) is 5.34. The van der Waals surface area contributed by atoms with E-state index >= 15 is 0 Å². The van der Waals surface area contributed by atoms with Crippen molar-refractivity contribution in [2.24, 2.45) is 11.8 Å². The molecule has 6 nitrogen and oxygen atoms in total. The van der Waals surface area contributed by atoms with Gasteiger partial charge in [0, 0.05) is 37.3 Å². The van der Waals surface area contributed by atoms with Gasteiger partial charge in [-0.15, -0.1) is 5.10 Å². The molecular weight excluding hydrogens is 362 g/mol. The zero-order valence-corrected chi connectivity index (χ0v) is 16.8. The van der Waals surface area contributed by atoms with Crippen molar-refractivity contribution in [1.29, 1.82) is 0 Å². The predicted octanol–water partition coefficient (Wildman–Crippen LogP) is 2.28. The number of rotatable bonds is 2. The van der Waals surface area contributed by atoms with Gasteiger partial charge in [-0.05, 0) is 68.8 Å². The molecule has 2 saturated heterocycles. The Balaban J connectivity index is 1.23. The highest BCUT2D eigenvalue weighted by Crippen LogP contribution is 2.40. The van der Waals surface area contributed by atoms with E-state index in [-0.39, 0.29) is 5.75 Å². The lowest BCUT2D eigenvalue weighted by Gasteiger charge is -2.47. The number of hydrogen-bond donors (Lipinski definition) is 2. The third-order valence-electron chi connectivity index (χ3n) is 7.71. The molecule has 1 aliphatic carbocycles. The van der Waals surface area contributed by atoms with Crippen molar-refractivity contribution in [2.75, 3.05) is 37.6 Å². The summed E-state index contributed by atoms with van der Waals surface area (Å²) in [6.45, 7) is 5.83. The Morgan fingerprint density at radius 1 is 1.00 bits per heavy atom. The highest BCUT2D eigenvalue weighted by Gasteiger charge is 2.42. The molecule has 6 rings (SSSR count). The van der Waals surface area contributed by atoms with Crippen LogP contribution in [0.3, 0.4) is 0 Å². The first-order valence-corrected chi connectivity index (χ1v) is 11.1. The standard InChI is InChI=1S/C23H29N5O/c29-23-4-2-1-3-19(23)21-11-22-20(25-26-21)6-5-17-14-27(7-8-28(17)22)18-9-15-12-24-13-16(15)10-18/h1-4,11,15-18,24,29H,5-10,12-14H2/t15?,16?,17-,18?/m0/s1. The maximum atomic E-state index is 10.2. The summed E-state index contributed by atoms with van der Waals surface area (Å²) in [6, 6.07) is 10.9. The zero-order valence-electron chi connectivity index (χ0n) is 16.8. The summed E-state index contributed by atoms with van der Waals surface area (Å²) in [5, 5.41) is 22.8. The second kappa shape index (κ2) is 6.96. The van der Waals surface area contributed by atoms with Crippen molar-refractivity contribution in [2.45, 2.75) is 37.8 Å². The molecule has 0 spiro atoms. The number of hydrogen-bond acceptors (Lipinski definition) is 6. The Labute approximate surface area is 171 Å². The lowest BCUT2D eigenvalue weighted by atomic mass is 9.95. The molecule has 3 fully saturated rings. The first-order valence-electron chi connectivity index (χ1n) is 11.1. The van der Waals surface area contributed by atoms with Crippen molar-refractivity contribution in [3.63, 3.8) is 0 Å². The molecule has 29 heavy (non-hydrogen) atoms. The average molecular weight is 392 g/mol. The minimum atomic E-state index is 0.264.